The van der Waals surface area contributed by atoms with E-state index >= 15 is 0 Å². The van der Waals surface area contributed by atoms with Crippen molar-refractivity contribution in [3.8, 4) is 5.75 Å². The summed E-state index contributed by atoms with van der Waals surface area (Å²) >= 11 is 0. The molecule has 1 saturated heterocycles. The summed E-state index contributed by atoms with van der Waals surface area (Å²) < 4.78 is 11.3. The molecule has 2 aromatic carbocycles. The van der Waals surface area contributed by atoms with Crippen molar-refractivity contribution in [2.24, 2.45) is 0 Å². The second-order valence-corrected chi connectivity index (χ2v) is 8.18. The molecule has 8 heteroatoms. The number of benzene rings is 2. The van der Waals surface area contributed by atoms with Gasteiger partial charge in [0.05, 0.1) is 19.8 Å². The number of ether oxygens (including phenoxy) is 2. The molecule has 0 unspecified atom stereocenters. The molecule has 0 radical (unpaired) electrons. The van der Waals surface area contributed by atoms with Gasteiger partial charge in [-0.25, -0.2) is 0 Å². The predicted molar refractivity (Wildman–Crippen MR) is 125 cm³/mol. The number of piperazine rings is 1. The van der Waals surface area contributed by atoms with E-state index in [1.54, 1.807) is 6.20 Å². The molecule has 1 aromatic heterocycles. The number of carbonyl (C=O) groups is 1. The normalized spacial score (nSPS) is 16.2. The van der Waals surface area contributed by atoms with Gasteiger partial charge in [0.25, 0.3) is 0 Å². The number of carboxylic acid groups (broad SMARTS) is 1. The van der Waals surface area contributed by atoms with Crippen LogP contribution in [-0.2, 0) is 16.1 Å². The number of carboxylic acids is 1. The van der Waals surface area contributed by atoms with Gasteiger partial charge < -0.3 is 24.7 Å². The van der Waals surface area contributed by atoms with Gasteiger partial charge in [-0.15, -0.1) is 0 Å². The molecule has 176 valence electrons. The zero-order chi connectivity index (χ0) is 23.0. The lowest BCUT2D eigenvalue weighted by Gasteiger charge is -2.37. The Bertz CT molecular complexity index is 1030. The smallest absolute Gasteiger partial charge is 0.325 e. The molecule has 1 aliphatic rings. The molecule has 0 amide bonds. The van der Waals surface area contributed by atoms with Gasteiger partial charge in [0, 0.05) is 61.5 Å². The number of hydrogen-bond donors (Lipinski definition) is 3. The molecular weight excluding hydrogens is 422 g/mol. The molecule has 1 atom stereocenters. The van der Waals surface area contributed by atoms with Gasteiger partial charge >= 0.3 is 5.97 Å². The lowest BCUT2D eigenvalue weighted by atomic mass is 10.0. The minimum Gasteiger partial charge on any atom is -0.489 e. The van der Waals surface area contributed by atoms with Gasteiger partial charge in [0.1, 0.15) is 18.4 Å². The fraction of sp³-hybridized carbons (Fsp3) is 0.400. The number of aromatic nitrogens is 1. The molecule has 3 N–H and O–H groups in total. The van der Waals surface area contributed by atoms with Crippen molar-refractivity contribution >= 4 is 16.9 Å². The Kier molecular flexibility index (Phi) is 7.96. The van der Waals surface area contributed by atoms with Crippen LogP contribution in [-0.4, -0.2) is 83.5 Å². The summed E-state index contributed by atoms with van der Waals surface area (Å²) in [6.07, 6.45) is 1.81. The molecular formula is C25H31N3O5. The van der Waals surface area contributed by atoms with E-state index in [0.29, 0.717) is 32.9 Å². The van der Waals surface area contributed by atoms with Gasteiger partial charge in [-0.05, 0) is 17.7 Å². The lowest BCUT2D eigenvalue weighted by Crippen LogP contribution is -2.49. The number of H-pyrrole nitrogens is 1. The fourth-order valence-electron chi connectivity index (χ4n) is 4.28. The summed E-state index contributed by atoms with van der Waals surface area (Å²) in [5, 5.41) is 19.7. The number of nitrogens with zero attached hydrogens (tertiary/aromatic N) is 2. The molecule has 3 aromatic rings. The van der Waals surface area contributed by atoms with E-state index in [4.69, 9.17) is 14.6 Å². The molecule has 8 nitrogen and oxygen atoms in total. The number of rotatable bonds is 11. The zero-order valence-corrected chi connectivity index (χ0v) is 18.7. The zero-order valence-electron chi connectivity index (χ0n) is 18.7. The highest BCUT2D eigenvalue weighted by atomic mass is 16.5. The first-order valence-electron chi connectivity index (χ1n) is 11.3. The van der Waals surface area contributed by atoms with Crippen molar-refractivity contribution in [2.45, 2.75) is 12.6 Å². The van der Waals surface area contributed by atoms with E-state index in [1.807, 2.05) is 53.4 Å². The van der Waals surface area contributed by atoms with E-state index in [-0.39, 0.29) is 6.61 Å². The first-order valence-corrected chi connectivity index (χ1v) is 11.3. The quantitative estimate of drug-likeness (QED) is 0.384. The Morgan fingerprint density at radius 1 is 1.06 bits per heavy atom. The predicted octanol–water partition coefficient (Wildman–Crippen LogP) is 2.50. The van der Waals surface area contributed by atoms with E-state index in [0.717, 1.165) is 47.4 Å². The fourth-order valence-corrected chi connectivity index (χ4v) is 4.28. The number of aromatic amines is 1. The van der Waals surface area contributed by atoms with Gasteiger partial charge in [0.15, 0.2) is 0 Å². The largest absolute Gasteiger partial charge is 0.489 e. The summed E-state index contributed by atoms with van der Waals surface area (Å²) in [4.78, 5) is 19.8. The van der Waals surface area contributed by atoms with E-state index < -0.39 is 12.0 Å². The average molecular weight is 454 g/mol. The molecule has 0 bridgehead atoms. The standard InChI is InChI=1S/C25H31N3O5/c29-13-15-32-14-12-27-8-10-28(11-9-27)24(25(30)31)22-17-26-23-16-20(6-7-21(22)23)33-18-19-4-2-1-3-5-19/h1-7,16-17,24,26,29H,8-15,18H2,(H,30,31)/t24-/m1/s1. The molecule has 1 aliphatic heterocycles. The van der Waals surface area contributed by atoms with Crippen LogP contribution >= 0.6 is 0 Å². The van der Waals surface area contributed by atoms with Crippen LogP contribution in [0.2, 0.25) is 0 Å². The first kappa shape index (κ1) is 23.3. The van der Waals surface area contributed by atoms with Crippen molar-refractivity contribution < 1.29 is 24.5 Å². The van der Waals surface area contributed by atoms with Crippen LogP contribution in [0, 0.1) is 0 Å². The number of aliphatic hydroxyl groups excluding tert-OH is 1. The Labute approximate surface area is 193 Å². The highest BCUT2D eigenvalue weighted by molar-refractivity contribution is 5.90. The molecule has 33 heavy (non-hydrogen) atoms. The van der Waals surface area contributed by atoms with Crippen molar-refractivity contribution in [3.05, 3.63) is 65.9 Å². The van der Waals surface area contributed by atoms with Crippen LogP contribution in [0.5, 0.6) is 5.75 Å². The highest BCUT2D eigenvalue weighted by Crippen LogP contribution is 2.31. The van der Waals surface area contributed by atoms with Gasteiger partial charge in [-0.1, -0.05) is 30.3 Å². The number of hydrogen-bond acceptors (Lipinski definition) is 6. The van der Waals surface area contributed by atoms with Gasteiger partial charge in [0.2, 0.25) is 0 Å². The van der Waals surface area contributed by atoms with Gasteiger partial charge in [-0.3, -0.25) is 14.6 Å². The first-order chi connectivity index (χ1) is 16.2. The number of aliphatic hydroxyl groups is 1. The second kappa shape index (κ2) is 11.3. The highest BCUT2D eigenvalue weighted by Gasteiger charge is 2.32. The minimum atomic E-state index is -0.847. The number of aliphatic carboxylic acids is 1. The van der Waals surface area contributed by atoms with Crippen molar-refractivity contribution in [1.82, 2.24) is 14.8 Å². The molecule has 2 heterocycles. The Hall–Kier alpha value is -2.91. The van der Waals surface area contributed by atoms with Gasteiger partial charge in [-0.2, -0.15) is 0 Å². The average Bonchev–Trinajstić information content (AvgIpc) is 3.25. The van der Waals surface area contributed by atoms with Crippen LogP contribution in [0.15, 0.2) is 54.7 Å². The maximum absolute atomic E-state index is 12.3. The summed E-state index contributed by atoms with van der Waals surface area (Å²) in [7, 11) is 0. The van der Waals surface area contributed by atoms with E-state index in [2.05, 4.69) is 9.88 Å². The third-order valence-electron chi connectivity index (χ3n) is 6.02. The monoisotopic (exact) mass is 453 g/mol. The minimum absolute atomic E-state index is 0.0271. The maximum Gasteiger partial charge on any atom is 0.325 e. The van der Waals surface area contributed by atoms with E-state index in [9.17, 15) is 9.90 Å². The molecule has 0 aliphatic carbocycles. The van der Waals surface area contributed by atoms with Crippen molar-refractivity contribution in [2.75, 3.05) is 52.5 Å². The molecule has 1 fully saturated rings. The number of fused-ring (bicyclic) bond motifs is 1. The van der Waals surface area contributed by atoms with Crippen LogP contribution in [0.3, 0.4) is 0 Å². The third kappa shape index (κ3) is 5.91. The summed E-state index contributed by atoms with van der Waals surface area (Å²) in [5.41, 5.74) is 2.73. The summed E-state index contributed by atoms with van der Waals surface area (Å²) in [6.45, 7) is 5.11. The SMILES string of the molecule is O=C(O)[C@@H](c1c[nH]c2cc(OCc3ccccc3)ccc12)N1CCN(CCOCCO)CC1. The Morgan fingerprint density at radius 3 is 2.58 bits per heavy atom. The third-order valence-corrected chi connectivity index (χ3v) is 6.02. The maximum atomic E-state index is 12.3. The molecule has 4 rings (SSSR count). The second-order valence-electron chi connectivity index (χ2n) is 8.18. The molecule has 0 saturated carbocycles. The van der Waals surface area contributed by atoms with Crippen LogP contribution in [0.4, 0.5) is 0 Å². The molecule has 0 spiro atoms. The topological polar surface area (TPSA) is 98.3 Å². The summed E-state index contributed by atoms with van der Waals surface area (Å²) in [6, 6.07) is 15.0. The van der Waals surface area contributed by atoms with Crippen LogP contribution in [0.25, 0.3) is 10.9 Å². The van der Waals surface area contributed by atoms with Crippen molar-refractivity contribution in [3.63, 3.8) is 0 Å². The van der Waals surface area contributed by atoms with Crippen LogP contribution in [0.1, 0.15) is 17.2 Å². The lowest BCUT2D eigenvalue weighted by molar-refractivity contribution is -0.144. The van der Waals surface area contributed by atoms with Crippen LogP contribution < -0.4 is 4.74 Å². The summed E-state index contributed by atoms with van der Waals surface area (Å²) in [5.74, 6) is -0.108. The Morgan fingerprint density at radius 2 is 1.85 bits per heavy atom. The number of nitrogens with one attached hydrogen (secondary N) is 1. The van der Waals surface area contributed by atoms with Crippen molar-refractivity contribution in [1.29, 1.82) is 0 Å². The van der Waals surface area contributed by atoms with E-state index in [1.165, 1.54) is 0 Å². The Balaban J connectivity index is 1.41.